The Balaban J connectivity index is 0.764. The van der Waals surface area contributed by atoms with Gasteiger partial charge in [-0.15, -0.1) is 0 Å². The van der Waals surface area contributed by atoms with Gasteiger partial charge in [0, 0.05) is 12.8 Å². The minimum absolute atomic E-state index is 0.112. The molecule has 0 aromatic carbocycles. The van der Waals surface area contributed by atoms with Gasteiger partial charge in [0.25, 0.3) is 0 Å². The van der Waals surface area contributed by atoms with Gasteiger partial charge in [-0.25, -0.2) is 4.79 Å². The fourth-order valence-electron chi connectivity index (χ4n) is 22.2. The summed E-state index contributed by atoms with van der Waals surface area (Å²) < 4.78 is 95.0. The lowest BCUT2D eigenvalue weighted by Gasteiger charge is -2.70. The van der Waals surface area contributed by atoms with Crippen molar-refractivity contribution in [1.82, 2.24) is 0 Å². The van der Waals surface area contributed by atoms with Crippen LogP contribution >= 0.6 is 0 Å². The minimum atomic E-state index is -2.21. The minimum Gasteiger partial charge on any atom is -0.479 e. The molecule has 45 atom stereocenters. The summed E-state index contributed by atoms with van der Waals surface area (Å²) in [5, 5.41) is 221. The summed E-state index contributed by atoms with van der Waals surface area (Å²) in [5.41, 5.74) is -4.60. The van der Waals surface area contributed by atoms with Crippen molar-refractivity contribution in [2.45, 2.75) is 419 Å². The maximum atomic E-state index is 14.4. The second-order valence-electron chi connectivity index (χ2n) is 40.1. The molecular formula is C88H144O41. The fourth-order valence-corrected chi connectivity index (χ4v) is 22.2. The lowest BCUT2D eigenvalue weighted by Crippen LogP contribution is -2.68. The van der Waals surface area contributed by atoms with Crippen LogP contribution in [0.25, 0.3) is 0 Å². The number of esters is 3. The van der Waals surface area contributed by atoms with Gasteiger partial charge in [-0.1, -0.05) is 93.7 Å². The zero-order valence-electron chi connectivity index (χ0n) is 75.5. The monoisotopic (exact) mass is 1860 g/mol. The molecule has 0 bridgehead atoms. The van der Waals surface area contributed by atoms with Crippen LogP contribution in [0.5, 0.6) is 0 Å². The van der Waals surface area contributed by atoms with Crippen LogP contribution in [0.2, 0.25) is 0 Å². The Kier molecular flexibility index (Phi) is 35.5. The van der Waals surface area contributed by atoms with Crippen molar-refractivity contribution in [3.63, 3.8) is 0 Å². The summed E-state index contributed by atoms with van der Waals surface area (Å²) >= 11 is 0. The molecule has 7 aliphatic heterocycles. The largest absolute Gasteiger partial charge is 0.479 e. The van der Waals surface area contributed by atoms with Gasteiger partial charge in [0.15, 0.2) is 56.1 Å². The molecule has 41 heteroatoms. The van der Waals surface area contributed by atoms with Crippen molar-refractivity contribution in [3.05, 3.63) is 11.6 Å². The van der Waals surface area contributed by atoms with Gasteiger partial charge in [-0.05, 0) is 142 Å². The number of hydrogen-bond acceptors (Lipinski definition) is 40. The summed E-state index contributed by atoms with van der Waals surface area (Å²) in [6.45, 7) is 19.4. The van der Waals surface area contributed by atoms with E-state index in [1.807, 2.05) is 20.8 Å². The molecule has 7 heterocycles. The highest BCUT2D eigenvalue weighted by Gasteiger charge is 2.70. The summed E-state index contributed by atoms with van der Waals surface area (Å²) in [7, 11) is 0. The van der Waals surface area contributed by atoms with E-state index in [2.05, 4.69) is 40.7 Å². The number of fused-ring (bicyclic) bond motifs is 5. The third-order valence-corrected chi connectivity index (χ3v) is 30.5. The zero-order chi connectivity index (χ0) is 95.0. The number of aliphatic carboxylic acids is 1. The van der Waals surface area contributed by atoms with Gasteiger partial charge in [-0.2, -0.15) is 0 Å². The first kappa shape index (κ1) is 105. The molecule has 11 rings (SSSR count). The summed E-state index contributed by atoms with van der Waals surface area (Å²) in [4.78, 5) is 68.7. The summed E-state index contributed by atoms with van der Waals surface area (Å²) in [6.07, 6.45) is -51.6. The average Bonchev–Trinajstić information content (AvgIpc) is 0.913. The van der Waals surface area contributed by atoms with Crippen LogP contribution in [0.1, 0.15) is 199 Å². The lowest BCUT2D eigenvalue weighted by atomic mass is 9.35. The number of carboxylic acids is 1. The number of aldehydes is 1. The van der Waals surface area contributed by atoms with Crippen LogP contribution < -0.4 is 0 Å². The Hall–Kier alpha value is -3.99. The second-order valence-corrected chi connectivity index (χ2v) is 40.1. The highest BCUT2D eigenvalue weighted by atomic mass is 16.8. The van der Waals surface area contributed by atoms with Crippen LogP contribution in [0.3, 0.4) is 0 Å². The number of aliphatic hydroxyl groups excluding tert-OH is 18. The zero-order valence-corrected chi connectivity index (χ0v) is 75.5. The predicted molar refractivity (Wildman–Crippen MR) is 437 cm³/mol. The van der Waals surface area contributed by atoms with E-state index in [1.165, 1.54) is 19.4 Å². The van der Waals surface area contributed by atoms with Gasteiger partial charge in [0.05, 0.1) is 87.9 Å². The number of carboxylic acid groups (broad SMARTS) is 1. The topological polar surface area (TPSA) is 638 Å². The molecule has 0 spiro atoms. The third-order valence-electron chi connectivity index (χ3n) is 30.5. The predicted octanol–water partition coefficient (Wildman–Crippen LogP) is -2.34. The van der Waals surface area contributed by atoms with Crippen LogP contribution in [0.4, 0.5) is 0 Å². The first-order valence-corrected chi connectivity index (χ1v) is 45.8. The number of aliphatic hydroxyl groups is 19. The van der Waals surface area contributed by atoms with E-state index in [0.29, 0.717) is 76.5 Å². The van der Waals surface area contributed by atoms with E-state index in [-0.39, 0.29) is 49.9 Å². The van der Waals surface area contributed by atoms with Crippen LogP contribution in [-0.4, -0.2) is 386 Å². The van der Waals surface area contributed by atoms with Crippen molar-refractivity contribution < 1.29 is 202 Å². The maximum Gasteiger partial charge on any atom is 0.335 e. The summed E-state index contributed by atoms with van der Waals surface area (Å²) in [6, 6.07) is 0. The van der Waals surface area contributed by atoms with E-state index < -0.39 is 317 Å². The average molecular weight is 1860 g/mol. The molecule has 4 aliphatic carbocycles. The molecule has 0 aromatic heterocycles. The quantitative estimate of drug-likeness (QED) is 0.0102. The first-order chi connectivity index (χ1) is 60.6. The normalized spacial score (nSPS) is 46.2. The van der Waals surface area contributed by atoms with E-state index in [4.69, 9.17) is 75.8 Å². The molecule has 0 amide bonds. The Labute approximate surface area is 749 Å². The van der Waals surface area contributed by atoms with Crippen molar-refractivity contribution in [2.75, 3.05) is 33.0 Å². The standard InChI is InChI=1S/C88H144O41/c1-13-38(3)17-18-43(92)28-55(98)119-49(39(4)14-2)27-44(93)29-56(99)122-68-41(6)118-80(72(64(68)107)128-78-63(106)60(103)67(40(5)117-78)124-77-66(109)69(48(96)34-115-77)125-82-74(110)88(113,36-91)37-116-82)123-54(97)16-15-23-83(7,8)30-42-26-45(94)31-87(12)46(42)19-20-52-84(9)24-22-53(85(10,35-90)51(84)21-25-86(52,87)11)121-81-73(129-79-62(105)59(102)58(101)50(32-89)120-79)70(65(108)71(127-81)75(111)112)126-76-61(104)57(100)47(95)33-114-76/h19,35,38-45,47-53,57-74,76-82,89,91-96,100-110,113H,13-18,20-34,36-37H2,1-12H3,(H,111,112)/t38-,39-,40?,41?,42?,43-,44-,45-,47+,48?,49-,50?,51?,52?,53-,57?,58-,59?,60?,61?,62?,63?,64?,65+,66?,67-,68+,69-,70?,71?,72?,73?,74?,76-,77+,78-,79-,80-,81+,82-,84-,85-,86+,87+,88?/m0/s1. The van der Waals surface area contributed by atoms with Gasteiger partial charge >= 0.3 is 23.9 Å². The van der Waals surface area contributed by atoms with Crippen LogP contribution in [-0.2, 0) is 99.8 Å². The van der Waals surface area contributed by atoms with Crippen molar-refractivity contribution in [3.8, 4) is 0 Å². The smallest absolute Gasteiger partial charge is 0.335 e. The molecule has 0 radical (unpaired) electrons. The maximum absolute atomic E-state index is 14.4. The van der Waals surface area contributed by atoms with Gasteiger partial charge in [0.1, 0.15) is 128 Å². The van der Waals surface area contributed by atoms with Crippen LogP contribution in [0.15, 0.2) is 11.6 Å². The Morgan fingerprint density at radius 1 is 0.589 bits per heavy atom. The van der Waals surface area contributed by atoms with E-state index in [1.54, 1.807) is 13.8 Å². The molecule has 11 aliphatic rings. The highest BCUT2D eigenvalue weighted by molar-refractivity contribution is 5.73. The van der Waals surface area contributed by atoms with E-state index in [9.17, 15) is 126 Å². The molecule has 3 saturated carbocycles. The molecule has 21 unspecified atom stereocenters. The number of ether oxygens (including phenoxy) is 16. The Bertz CT molecular complexity index is 3700. The van der Waals surface area contributed by atoms with E-state index in [0.717, 1.165) is 12.7 Å². The molecule has 10 fully saturated rings. The van der Waals surface area contributed by atoms with Gasteiger partial charge < -0.3 is 183 Å². The fraction of sp³-hybridized carbons (Fsp3) is 0.920. The molecule has 0 aromatic rings. The molecular weight excluding hydrogens is 1710 g/mol. The summed E-state index contributed by atoms with van der Waals surface area (Å²) in [5.74, 6) is -4.99. The first-order valence-electron chi connectivity index (χ1n) is 45.8. The number of hydrogen-bond donors (Lipinski definition) is 20. The second kappa shape index (κ2) is 43.4. The Morgan fingerprint density at radius 2 is 1.20 bits per heavy atom. The molecule has 129 heavy (non-hydrogen) atoms. The number of carbonyl (C=O) groups excluding carboxylic acids is 4. The SMILES string of the molecule is CC[C@H](C)CC[C@H](O)CC(=O)O[C@@H](C[C@H](O)CC(=O)O[C@@H]1C(C)O[C@@H](OC(=O)CCCC(C)(C)CC2C[C@H](O)C[C@]3(C)C2=CCC2[C@@]4(C)CC[C@H](O[C@@H]5OC(C(=O)O)[C@H](O)C(O[C@@H]6OC[C@@H](O)C(O)C6O)C5O[C@@H]5OC(CO)[C@H](O)C(O)C5O)[C@@](C)(C=O)C4CC[C@]23C)C(O[C@@H]2OC(C)[C@H](O[C@H]3OCC(O)[C@H](O[C@@H]4OCC(O)(CO)C4O)C3O)C(O)C2O)C1O)[C@@H](C)CC. The molecule has 742 valence electrons. The Morgan fingerprint density at radius 3 is 1.85 bits per heavy atom. The van der Waals surface area contributed by atoms with Gasteiger partial charge in [-0.3, -0.25) is 14.4 Å². The number of allylic oxidation sites excluding steroid dienone is 2. The lowest BCUT2D eigenvalue weighted by molar-refractivity contribution is -0.391. The molecule has 20 N–H and O–H groups in total. The van der Waals surface area contributed by atoms with E-state index >= 15 is 0 Å². The van der Waals surface area contributed by atoms with Crippen molar-refractivity contribution in [1.29, 1.82) is 0 Å². The molecule has 7 saturated heterocycles. The van der Waals surface area contributed by atoms with Crippen LogP contribution in [0, 0.1) is 56.7 Å². The van der Waals surface area contributed by atoms with Crippen molar-refractivity contribution >= 4 is 30.2 Å². The third kappa shape index (κ3) is 22.6. The van der Waals surface area contributed by atoms with Crippen molar-refractivity contribution in [2.24, 2.45) is 56.7 Å². The van der Waals surface area contributed by atoms with Gasteiger partial charge in [0.2, 0.25) is 6.29 Å². The number of carbonyl (C=O) groups is 5. The molecule has 41 nitrogen and oxygen atoms in total. The highest BCUT2D eigenvalue weighted by Crippen LogP contribution is 2.74. The number of rotatable bonds is 37.